The Morgan fingerprint density at radius 1 is 1.44 bits per heavy atom. The second kappa shape index (κ2) is 4.35. The van der Waals surface area contributed by atoms with Crippen LogP contribution in [-0.2, 0) is 17.6 Å². The number of carboxylic acid groups (broad SMARTS) is 1. The molecule has 1 aromatic carbocycles. The van der Waals surface area contributed by atoms with E-state index in [4.69, 9.17) is 9.52 Å². The van der Waals surface area contributed by atoms with Gasteiger partial charge in [0.25, 0.3) is 0 Å². The van der Waals surface area contributed by atoms with Crippen LogP contribution >= 0.6 is 0 Å². The molecule has 4 heteroatoms. The maximum Gasteiger partial charge on any atom is 0.303 e. The van der Waals surface area contributed by atoms with Crippen molar-refractivity contribution in [3.05, 3.63) is 29.7 Å². The van der Waals surface area contributed by atoms with Crippen molar-refractivity contribution in [3.63, 3.8) is 0 Å². The van der Waals surface area contributed by atoms with Crippen LogP contribution in [-0.4, -0.2) is 16.1 Å². The summed E-state index contributed by atoms with van der Waals surface area (Å²) in [5.74, 6) is -0.776. The number of fused-ring (bicyclic) bond motifs is 1. The molecule has 1 heterocycles. The van der Waals surface area contributed by atoms with Crippen LogP contribution in [0.2, 0.25) is 0 Å². The van der Waals surface area contributed by atoms with Gasteiger partial charge in [0.05, 0.1) is 0 Å². The average molecular weight is 219 g/mol. The Kier molecular flexibility index (Phi) is 2.90. The van der Waals surface area contributed by atoms with Crippen LogP contribution in [0.5, 0.6) is 0 Å². The fourth-order valence-electron chi connectivity index (χ4n) is 1.79. The molecular formula is C12H13NO3. The molecule has 0 atom stereocenters. The lowest BCUT2D eigenvalue weighted by atomic mass is 10.0. The lowest BCUT2D eigenvalue weighted by Gasteiger charge is -2.05. The Morgan fingerprint density at radius 3 is 2.94 bits per heavy atom. The van der Waals surface area contributed by atoms with Gasteiger partial charge in [0.15, 0.2) is 12.0 Å². The van der Waals surface area contributed by atoms with Gasteiger partial charge in [0.1, 0.15) is 5.52 Å². The monoisotopic (exact) mass is 219 g/mol. The third-order valence-electron chi connectivity index (χ3n) is 2.64. The third kappa shape index (κ3) is 2.05. The molecule has 2 rings (SSSR count). The highest BCUT2D eigenvalue weighted by atomic mass is 16.4. The van der Waals surface area contributed by atoms with Crippen molar-refractivity contribution in [2.24, 2.45) is 0 Å². The Morgan fingerprint density at radius 2 is 2.25 bits per heavy atom. The molecular weight excluding hydrogens is 206 g/mol. The second-order valence-corrected chi connectivity index (χ2v) is 3.69. The number of aryl methyl sites for hydroxylation is 2. The van der Waals surface area contributed by atoms with Gasteiger partial charge in [0.2, 0.25) is 0 Å². The molecule has 0 aliphatic heterocycles. The Bertz CT molecular complexity index is 516. The molecule has 0 saturated carbocycles. The third-order valence-corrected chi connectivity index (χ3v) is 2.64. The van der Waals surface area contributed by atoms with Crippen molar-refractivity contribution >= 4 is 17.1 Å². The number of benzene rings is 1. The SMILES string of the molecule is CCc1cc2ocnc2cc1CCC(=O)O. The van der Waals surface area contributed by atoms with Gasteiger partial charge in [0, 0.05) is 6.42 Å². The number of aromatic nitrogens is 1. The fraction of sp³-hybridized carbons (Fsp3) is 0.333. The van der Waals surface area contributed by atoms with Crippen molar-refractivity contribution in [3.8, 4) is 0 Å². The molecule has 0 spiro atoms. The first-order chi connectivity index (χ1) is 7.70. The molecule has 0 saturated heterocycles. The van der Waals surface area contributed by atoms with Crippen LogP contribution in [0.4, 0.5) is 0 Å². The molecule has 0 radical (unpaired) electrons. The van der Waals surface area contributed by atoms with Crippen molar-refractivity contribution in [2.75, 3.05) is 0 Å². The number of oxazole rings is 1. The Labute approximate surface area is 92.9 Å². The van der Waals surface area contributed by atoms with Crippen LogP contribution in [0.15, 0.2) is 22.9 Å². The summed E-state index contributed by atoms with van der Waals surface area (Å²) in [6.07, 6.45) is 2.97. The predicted octanol–water partition coefficient (Wildman–Crippen LogP) is 2.41. The average Bonchev–Trinajstić information content (AvgIpc) is 2.71. The summed E-state index contributed by atoms with van der Waals surface area (Å²) in [5.41, 5.74) is 3.73. The van der Waals surface area contributed by atoms with E-state index in [0.717, 1.165) is 28.6 Å². The van der Waals surface area contributed by atoms with Crippen molar-refractivity contribution in [1.29, 1.82) is 0 Å². The van der Waals surface area contributed by atoms with Crippen LogP contribution in [0, 0.1) is 0 Å². The molecule has 2 aromatic rings. The zero-order valence-corrected chi connectivity index (χ0v) is 9.06. The topological polar surface area (TPSA) is 63.3 Å². The Hall–Kier alpha value is -1.84. The first-order valence-corrected chi connectivity index (χ1v) is 5.27. The molecule has 1 aromatic heterocycles. The number of hydrogen-bond donors (Lipinski definition) is 1. The number of carbonyl (C=O) groups is 1. The number of carboxylic acids is 1. The first-order valence-electron chi connectivity index (χ1n) is 5.27. The highest BCUT2D eigenvalue weighted by molar-refractivity contribution is 5.75. The van der Waals surface area contributed by atoms with Crippen molar-refractivity contribution < 1.29 is 14.3 Å². The normalized spacial score (nSPS) is 10.8. The number of aliphatic carboxylic acids is 1. The molecule has 4 nitrogen and oxygen atoms in total. The van der Waals surface area contributed by atoms with Crippen LogP contribution in [0.1, 0.15) is 24.5 Å². The van der Waals surface area contributed by atoms with Gasteiger partial charge in [-0.15, -0.1) is 0 Å². The van der Waals surface area contributed by atoms with E-state index in [1.807, 2.05) is 19.1 Å². The maximum atomic E-state index is 10.6. The van der Waals surface area contributed by atoms with Gasteiger partial charge in [-0.05, 0) is 36.1 Å². The molecule has 0 aliphatic rings. The molecule has 0 unspecified atom stereocenters. The second-order valence-electron chi connectivity index (χ2n) is 3.69. The lowest BCUT2D eigenvalue weighted by molar-refractivity contribution is -0.136. The molecule has 0 fully saturated rings. The summed E-state index contributed by atoms with van der Waals surface area (Å²) < 4.78 is 5.21. The largest absolute Gasteiger partial charge is 0.481 e. The number of rotatable bonds is 4. The van der Waals surface area contributed by atoms with Crippen molar-refractivity contribution in [2.45, 2.75) is 26.2 Å². The highest BCUT2D eigenvalue weighted by Crippen LogP contribution is 2.20. The first kappa shape index (κ1) is 10.7. The van der Waals surface area contributed by atoms with E-state index >= 15 is 0 Å². The van der Waals surface area contributed by atoms with E-state index < -0.39 is 5.97 Å². The van der Waals surface area contributed by atoms with E-state index in [0.29, 0.717) is 6.42 Å². The van der Waals surface area contributed by atoms with E-state index in [1.54, 1.807) is 0 Å². The fourth-order valence-corrected chi connectivity index (χ4v) is 1.79. The Balaban J connectivity index is 2.36. The predicted molar refractivity (Wildman–Crippen MR) is 59.3 cm³/mol. The molecule has 84 valence electrons. The van der Waals surface area contributed by atoms with Crippen LogP contribution < -0.4 is 0 Å². The van der Waals surface area contributed by atoms with Gasteiger partial charge >= 0.3 is 5.97 Å². The van der Waals surface area contributed by atoms with E-state index in [-0.39, 0.29) is 6.42 Å². The molecule has 0 amide bonds. The summed E-state index contributed by atoms with van der Waals surface area (Å²) in [6, 6.07) is 3.86. The summed E-state index contributed by atoms with van der Waals surface area (Å²) in [7, 11) is 0. The summed E-state index contributed by atoms with van der Waals surface area (Å²) >= 11 is 0. The van der Waals surface area contributed by atoms with Gasteiger partial charge in [-0.2, -0.15) is 0 Å². The molecule has 0 bridgehead atoms. The van der Waals surface area contributed by atoms with E-state index in [9.17, 15) is 4.79 Å². The smallest absolute Gasteiger partial charge is 0.303 e. The van der Waals surface area contributed by atoms with Gasteiger partial charge in [-0.1, -0.05) is 6.92 Å². The maximum absolute atomic E-state index is 10.6. The summed E-state index contributed by atoms with van der Waals surface area (Å²) in [5, 5.41) is 8.68. The summed E-state index contributed by atoms with van der Waals surface area (Å²) in [4.78, 5) is 14.6. The zero-order valence-electron chi connectivity index (χ0n) is 9.06. The quantitative estimate of drug-likeness (QED) is 0.857. The van der Waals surface area contributed by atoms with E-state index in [2.05, 4.69) is 4.98 Å². The summed E-state index contributed by atoms with van der Waals surface area (Å²) in [6.45, 7) is 2.04. The highest BCUT2D eigenvalue weighted by Gasteiger charge is 2.08. The zero-order chi connectivity index (χ0) is 11.5. The minimum absolute atomic E-state index is 0.149. The molecule has 0 aliphatic carbocycles. The van der Waals surface area contributed by atoms with E-state index in [1.165, 1.54) is 6.39 Å². The molecule has 16 heavy (non-hydrogen) atoms. The standard InChI is InChI=1S/C12H13NO3/c1-2-8-6-11-10(13-7-16-11)5-9(8)3-4-12(14)15/h5-7H,2-4H2,1H3,(H,14,15). The van der Waals surface area contributed by atoms with Crippen LogP contribution in [0.3, 0.4) is 0 Å². The van der Waals surface area contributed by atoms with Crippen molar-refractivity contribution in [1.82, 2.24) is 4.98 Å². The van der Waals surface area contributed by atoms with Gasteiger partial charge in [-0.25, -0.2) is 4.98 Å². The van der Waals surface area contributed by atoms with Crippen LogP contribution in [0.25, 0.3) is 11.1 Å². The number of nitrogens with zero attached hydrogens (tertiary/aromatic N) is 1. The van der Waals surface area contributed by atoms with Gasteiger partial charge < -0.3 is 9.52 Å². The minimum atomic E-state index is -0.776. The lowest BCUT2D eigenvalue weighted by Crippen LogP contribution is -2.00. The minimum Gasteiger partial charge on any atom is -0.481 e. The van der Waals surface area contributed by atoms with Gasteiger partial charge in [-0.3, -0.25) is 4.79 Å². The number of hydrogen-bond acceptors (Lipinski definition) is 3. The molecule has 1 N–H and O–H groups in total.